The van der Waals surface area contributed by atoms with Crippen molar-refractivity contribution < 1.29 is 9.18 Å². The van der Waals surface area contributed by atoms with Gasteiger partial charge in [-0.15, -0.1) is 0 Å². The fourth-order valence-corrected chi connectivity index (χ4v) is 4.03. The van der Waals surface area contributed by atoms with Crippen LogP contribution in [-0.4, -0.2) is 38.1 Å². The number of nitrogens with zero attached hydrogens (tertiary/aromatic N) is 4. The zero-order valence-corrected chi connectivity index (χ0v) is 15.7. The quantitative estimate of drug-likeness (QED) is 0.540. The third-order valence-corrected chi connectivity index (χ3v) is 5.47. The maximum Gasteiger partial charge on any atom is 0.277 e. The second-order valence-corrected chi connectivity index (χ2v) is 7.35. The Labute approximate surface area is 165 Å². The molecule has 0 unspecified atom stereocenters. The molecule has 1 amide bonds. The molecule has 1 fully saturated rings. The van der Waals surface area contributed by atoms with Crippen molar-refractivity contribution in [3.05, 3.63) is 82.0 Å². The van der Waals surface area contributed by atoms with Gasteiger partial charge in [-0.05, 0) is 54.8 Å². The van der Waals surface area contributed by atoms with Gasteiger partial charge in [-0.25, -0.2) is 8.91 Å². The lowest BCUT2D eigenvalue weighted by atomic mass is 10.1. The first kappa shape index (κ1) is 17.6. The van der Waals surface area contributed by atoms with Gasteiger partial charge in [0.15, 0.2) is 0 Å². The van der Waals surface area contributed by atoms with Gasteiger partial charge in [0, 0.05) is 18.7 Å². The Morgan fingerprint density at radius 1 is 1.00 bits per heavy atom. The summed E-state index contributed by atoms with van der Waals surface area (Å²) >= 11 is 0. The van der Waals surface area contributed by atoms with Crippen molar-refractivity contribution in [3.63, 3.8) is 0 Å². The Bertz CT molecular complexity index is 1300. The Morgan fingerprint density at radius 2 is 1.83 bits per heavy atom. The second-order valence-electron chi connectivity index (χ2n) is 7.35. The van der Waals surface area contributed by atoms with Crippen molar-refractivity contribution in [3.8, 4) is 0 Å². The van der Waals surface area contributed by atoms with Gasteiger partial charge in [-0.3, -0.25) is 9.59 Å². The third-order valence-electron chi connectivity index (χ3n) is 5.47. The number of benzene rings is 2. The van der Waals surface area contributed by atoms with Crippen LogP contribution in [0.2, 0.25) is 0 Å². The average Bonchev–Trinajstić information content (AvgIpc) is 3.42. The summed E-state index contributed by atoms with van der Waals surface area (Å²) < 4.78 is 16.9. The van der Waals surface area contributed by atoms with Crippen molar-refractivity contribution in [1.29, 1.82) is 0 Å². The Hall–Kier alpha value is -3.48. The van der Waals surface area contributed by atoms with Crippen LogP contribution in [0.5, 0.6) is 0 Å². The van der Waals surface area contributed by atoms with Crippen LogP contribution in [0.25, 0.3) is 16.6 Å². The highest BCUT2D eigenvalue weighted by Crippen LogP contribution is 2.20. The van der Waals surface area contributed by atoms with Crippen molar-refractivity contribution >= 4 is 22.5 Å². The van der Waals surface area contributed by atoms with Gasteiger partial charge in [0.1, 0.15) is 11.3 Å². The molecule has 4 aromatic rings. The fourth-order valence-electron chi connectivity index (χ4n) is 4.03. The Kier molecular flexibility index (Phi) is 4.16. The molecule has 0 atom stereocenters. The number of aromatic nitrogens is 3. The predicted octanol–water partition coefficient (Wildman–Crippen LogP) is 3.07. The van der Waals surface area contributed by atoms with Gasteiger partial charge in [0.25, 0.3) is 11.5 Å². The van der Waals surface area contributed by atoms with Crippen LogP contribution in [0.15, 0.2) is 59.5 Å². The molecular formula is C22H19FN4O2. The number of halogens is 1. The molecule has 0 spiro atoms. The highest BCUT2D eigenvalue weighted by atomic mass is 19.1. The molecule has 0 radical (unpaired) electrons. The van der Waals surface area contributed by atoms with E-state index in [1.165, 1.54) is 12.1 Å². The highest BCUT2D eigenvalue weighted by Gasteiger charge is 2.21. The number of carbonyl (C=O) groups excluding carboxylic acids is 1. The highest BCUT2D eigenvalue weighted by molar-refractivity contribution is 5.97. The van der Waals surface area contributed by atoms with E-state index in [1.807, 2.05) is 11.0 Å². The van der Waals surface area contributed by atoms with E-state index in [2.05, 4.69) is 5.10 Å². The summed E-state index contributed by atoms with van der Waals surface area (Å²) in [5.41, 5.74) is 2.74. The minimum absolute atomic E-state index is 0.0327. The number of rotatable bonds is 3. The summed E-state index contributed by atoms with van der Waals surface area (Å²) in [5, 5.41) is 4.27. The van der Waals surface area contributed by atoms with E-state index in [1.54, 1.807) is 45.6 Å². The predicted molar refractivity (Wildman–Crippen MR) is 108 cm³/mol. The van der Waals surface area contributed by atoms with E-state index >= 15 is 0 Å². The molecule has 7 heteroatoms. The lowest BCUT2D eigenvalue weighted by Crippen LogP contribution is -2.28. The summed E-state index contributed by atoms with van der Waals surface area (Å²) in [5.74, 6) is -0.384. The topological polar surface area (TPSA) is 59.6 Å². The minimum Gasteiger partial charge on any atom is -0.339 e. The number of amides is 1. The lowest BCUT2D eigenvalue weighted by Gasteiger charge is -2.17. The first-order valence-electron chi connectivity index (χ1n) is 9.66. The van der Waals surface area contributed by atoms with Crippen molar-refractivity contribution in [2.24, 2.45) is 0 Å². The largest absolute Gasteiger partial charge is 0.339 e. The molecule has 0 N–H and O–H groups in total. The average molecular weight is 390 g/mol. The molecule has 0 aliphatic carbocycles. The Morgan fingerprint density at radius 3 is 2.62 bits per heavy atom. The molecule has 0 saturated carbocycles. The van der Waals surface area contributed by atoms with E-state index in [0.29, 0.717) is 22.2 Å². The maximum atomic E-state index is 13.7. The molecule has 6 nitrogen and oxygen atoms in total. The molecule has 29 heavy (non-hydrogen) atoms. The first-order valence-corrected chi connectivity index (χ1v) is 9.66. The standard InChI is InChI=1S/C22H19FN4O2/c23-17-5-3-4-15(12-17)14-26-20-13-16(21(28)25-10-1-2-11-25)6-7-18(20)27-19(22(26)29)8-9-24-27/h3-9,12-13H,1-2,10-11,14H2. The summed E-state index contributed by atoms with van der Waals surface area (Å²) in [6, 6.07) is 13.2. The van der Waals surface area contributed by atoms with Crippen LogP contribution in [0.4, 0.5) is 4.39 Å². The van der Waals surface area contributed by atoms with Crippen LogP contribution in [-0.2, 0) is 6.54 Å². The van der Waals surface area contributed by atoms with Gasteiger partial charge in [-0.1, -0.05) is 12.1 Å². The zero-order valence-electron chi connectivity index (χ0n) is 15.7. The van der Waals surface area contributed by atoms with Crippen molar-refractivity contribution in [2.75, 3.05) is 13.1 Å². The fraction of sp³-hybridized carbons (Fsp3) is 0.227. The lowest BCUT2D eigenvalue weighted by molar-refractivity contribution is 0.0793. The van der Waals surface area contributed by atoms with Crippen LogP contribution < -0.4 is 5.56 Å². The molecule has 1 aliphatic heterocycles. The molecule has 2 aromatic heterocycles. The van der Waals surface area contributed by atoms with Crippen LogP contribution in [0, 0.1) is 5.82 Å². The summed E-state index contributed by atoms with van der Waals surface area (Å²) in [6.45, 7) is 1.71. The van der Waals surface area contributed by atoms with Gasteiger partial charge < -0.3 is 9.47 Å². The summed E-state index contributed by atoms with van der Waals surface area (Å²) in [6.07, 6.45) is 3.60. The zero-order chi connectivity index (χ0) is 20.0. The van der Waals surface area contributed by atoms with E-state index in [0.717, 1.165) is 31.4 Å². The van der Waals surface area contributed by atoms with Crippen molar-refractivity contribution in [1.82, 2.24) is 19.1 Å². The molecule has 1 aliphatic rings. The molecule has 0 bridgehead atoms. The van der Waals surface area contributed by atoms with E-state index < -0.39 is 0 Å². The van der Waals surface area contributed by atoms with E-state index in [4.69, 9.17) is 0 Å². The number of fused-ring (bicyclic) bond motifs is 3. The molecule has 5 rings (SSSR count). The summed E-state index contributed by atoms with van der Waals surface area (Å²) in [4.78, 5) is 27.8. The van der Waals surface area contributed by atoms with Gasteiger partial charge in [0.2, 0.25) is 0 Å². The van der Waals surface area contributed by atoms with Crippen LogP contribution in [0.1, 0.15) is 28.8 Å². The normalized spacial score (nSPS) is 14.2. The molecule has 2 aromatic carbocycles. The first-order chi connectivity index (χ1) is 14.1. The minimum atomic E-state index is -0.352. The second kappa shape index (κ2) is 6.84. The molecule has 1 saturated heterocycles. The van der Waals surface area contributed by atoms with Gasteiger partial charge in [0.05, 0.1) is 23.8 Å². The molecule has 146 valence electrons. The number of likely N-dealkylation sites (tertiary alicyclic amines) is 1. The number of hydrogen-bond acceptors (Lipinski definition) is 3. The SMILES string of the molecule is O=C(c1ccc2c(c1)n(Cc1cccc(F)c1)c(=O)c1ccnn12)N1CCCC1. The van der Waals surface area contributed by atoms with Gasteiger partial charge in [-0.2, -0.15) is 5.10 Å². The smallest absolute Gasteiger partial charge is 0.277 e. The van der Waals surface area contributed by atoms with E-state index in [-0.39, 0.29) is 23.8 Å². The summed E-state index contributed by atoms with van der Waals surface area (Å²) in [7, 11) is 0. The van der Waals surface area contributed by atoms with Gasteiger partial charge >= 0.3 is 0 Å². The monoisotopic (exact) mass is 390 g/mol. The molecular weight excluding hydrogens is 371 g/mol. The van der Waals surface area contributed by atoms with Crippen LogP contribution in [0.3, 0.4) is 0 Å². The molecule has 3 heterocycles. The number of carbonyl (C=O) groups is 1. The Balaban J connectivity index is 1.71. The third kappa shape index (κ3) is 2.99. The number of hydrogen-bond donors (Lipinski definition) is 0. The van der Waals surface area contributed by atoms with Crippen LogP contribution >= 0.6 is 0 Å². The maximum absolute atomic E-state index is 13.7. The van der Waals surface area contributed by atoms with Crippen molar-refractivity contribution in [2.45, 2.75) is 19.4 Å². The van der Waals surface area contributed by atoms with E-state index in [9.17, 15) is 14.0 Å².